The van der Waals surface area contributed by atoms with Crippen LogP contribution in [0.1, 0.15) is 28.4 Å². The van der Waals surface area contributed by atoms with E-state index in [2.05, 4.69) is 0 Å². The lowest BCUT2D eigenvalue weighted by Gasteiger charge is -2.09. The molecular weight excluding hydrogens is 190 g/mol. The number of aliphatic hydroxyl groups excluding tert-OH is 1. The first-order valence-corrected chi connectivity index (χ1v) is 4.89. The van der Waals surface area contributed by atoms with Gasteiger partial charge in [0, 0.05) is 5.56 Å². The molecule has 0 radical (unpaired) electrons. The van der Waals surface area contributed by atoms with E-state index in [1.807, 2.05) is 6.07 Å². The molecule has 0 aromatic heterocycles. The summed E-state index contributed by atoms with van der Waals surface area (Å²) in [6.45, 7) is 1.62. The summed E-state index contributed by atoms with van der Waals surface area (Å²) in [5.74, 6) is -0.383. The molecule has 0 heterocycles. The van der Waals surface area contributed by atoms with Gasteiger partial charge in [0.2, 0.25) is 0 Å². The summed E-state index contributed by atoms with van der Waals surface area (Å²) >= 11 is 0. The van der Waals surface area contributed by atoms with Crippen molar-refractivity contribution >= 4 is 5.78 Å². The normalized spacial score (nSPS) is 20.9. The molecule has 1 aromatic carbocycles. The van der Waals surface area contributed by atoms with Gasteiger partial charge in [0.1, 0.15) is 0 Å². The van der Waals surface area contributed by atoms with E-state index in [4.69, 9.17) is 5.26 Å². The van der Waals surface area contributed by atoms with Crippen molar-refractivity contribution in [3.63, 3.8) is 0 Å². The molecule has 1 aliphatic rings. The van der Waals surface area contributed by atoms with E-state index in [1.54, 1.807) is 25.1 Å². The number of aliphatic hydroxyl groups is 1. The molecule has 76 valence electrons. The third-order valence-corrected chi connectivity index (χ3v) is 2.86. The minimum Gasteiger partial charge on any atom is -0.393 e. The molecule has 0 aliphatic heterocycles. The van der Waals surface area contributed by atoms with Gasteiger partial charge in [0.15, 0.2) is 5.78 Å². The van der Waals surface area contributed by atoms with Crippen LogP contribution in [0.4, 0.5) is 0 Å². The van der Waals surface area contributed by atoms with Crippen LogP contribution in [0.2, 0.25) is 0 Å². The summed E-state index contributed by atoms with van der Waals surface area (Å²) in [6, 6.07) is 7.12. The largest absolute Gasteiger partial charge is 0.393 e. The number of nitrogens with zero attached hydrogens (tertiary/aromatic N) is 1. The van der Waals surface area contributed by atoms with Crippen LogP contribution >= 0.6 is 0 Å². The van der Waals surface area contributed by atoms with Crippen LogP contribution in [0.5, 0.6) is 0 Å². The Morgan fingerprint density at radius 1 is 1.60 bits per heavy atom. The quantitative estimate of drug-likeness (QED) is 0.744. The molecule has 0 amide bonds. The molecule has 2 unspecified atom stereocenters. The van der Waals surface area contributed by atoms with Crippen molar-refractivity contribution < 1.29 is 9.90 Å². The third kappa shape index (κ3) is 1.53. The lowest BCUT2D eigenvalue weighted by Crippen LogP contribution is -2.22. The van der Waals surface area contributed by atoms with E-state index in [9.17, 15) is 9.90 Å². The first-order chi connectivity index (χ1) is 7.13. The van der Waals surface area contributed by atoms with E-state index < -0.39 is 6.10 Å². The molecule has 1 aliphatic carbocycles. The molecule has 0 fully saturated rings. The highest BCUT2D eigenvalue weighted by Crippen LogP contribution is 2.29. The number of rotatable bonds is 1. The van der Waals surface area contributed by atoms with Crippen LogP contribution in [0, 0.1) is 17.2 Å². The average Bonchev–Trinajstić information content (AvgIpc) is 2.56. The summed E-state index contributed by atoms with van der Waals surface area (Å²) in [5, 5.41) is 18.2. The molecule has 1 N–H and O–H groups in total. The number of carbonyl (C=O) groups excluding carboxylic acids is 1. The van der Waals surface area contributed by atoms with Crippen molar-refractivity contribution in [2.24, 2.45) is 5.92 Å². The van der Waals surface area contributed by atoms with Gasteiger partial charge < -0.3 is 5.11 Å². The van der Waals surface area contributed by atoms with Crippen molar-refractivity contribution in [2.45, 2.75) is 19.4 Å². The molecule has 15 heavy (non-hydrogen) atoms. The van der Waals surface area contributed by atoms with Crippen LogP contribution in [-0.4, -0.2) is 17.0 Å². The fourth-order valence-corrected chi connectivity index (χ4v) is 1.97. The Hall–Kier alpha value is -1.66. The predicted molar refractivity (Wildman–Crippen MR) is 54.4 cm³/mol. The average molecular weight is 201 g/mol. The number of Topliss-reactive ketones (excluding diaryl/α,β-unsaturated/α-hetero) is 1. The zero-order valence-corrected chi connectivity index (χ0v) is 8.40. The molecule has 0 spiro atoms. The number of nitriles is 1. The summed E-state index contributed by atoms with van der Waals surface area (Å²) in [7, 11) is 0. The lowest BCUT2D eigenvalue weighted by atomic mass is 9.99. The topological polar surface area (TPSA) is 61.1 Å². The third-order valence-electron chi connectivity index (χ3n) is 2.86. The Labute approximate surface area is 88.0 Å². The van der Waals surface area contributed by atoms with Crippen molar-refractivity contribution in [3.8, 4) is 6.07 Å². The van der Waals surface area contributed by atoms with Gasteiger partial charge in [-0.25, -0.2) is 0 Å². The first-order valence-electron chi connectivity index (χ1n) is 4.89. The molecule has 2 atom stereocenters. The maximum atomic E-state index is 11.8. The van der Waals surface area contributed by atoms with Crippen molar-refractivity contribution in [1.29, 1.82) is 5.26 Å². The van der Waals surface area contributed by atoms with Crippen molar-refractivity contribution in [2.75, 3.05) is 0 Å². The minimum atomic E-state index is -0.629. The summed E-state index contributed by atoms with van der Waals surface area (Å²) < 4.78 is 0. The molecule has 3 nitrogen and oxygen atoms in total. The number of benzene rings is 1. The number of carbonyl (C=O) groups is 1. The minimum absolute atomic E-state index is 0.0444. The second kappa shape index (κ2) is 3.48. The van der Waals surface area contributed by atoms with Gasteiger partial charge in [-0.2, -0.15) is 5.26 Å². The van der Waals surface area contributed by atoms with Crippen LogP contribution < -0.4 is 0 Å². The fourth-order valence-electron chi connectivity index (χ4n) is 1.97. The number of hydrogen-bond donors (Lipinski definition) is 1. The van der Waals surface area contributed by atoms with Crippen LogP contribution in [0.3, 0.4) is 0 Å². The van der Waals surface area contributed by atoms with E-state index >= 15 is 0 Å². The van der Waals surface area contributed by atoms with Crippen LogP contribution in [0.15, 0.2) is 18.2 Å². The predicted octanol–water partition coefficient (Wildman–Crippen LogP) is 1.29. The highest BCUT2D eigenvalue weighted by atomic mass is 16.3. The molecule has 3 heteroatoms. The number of hydrogen-bond acceptors (Lipinski definition) is 3. The van der Waals surface area contributed by atoms with Gasteiger partial charge in [0.25, 0.3) is 0 Å². The lowest BCUT2D eigenvalue weighted by molar-refractivity contribution is 0.0758. The molecular formula is C12H11NO2. The van der Waals surface area contributed by atoms with Crippen molar-refractivity contribution in [3.05, 3.63) is 34.9 Å². The Morgan fingerprint density at radius 3 is 2.93 bits per heavy atom. The van der Waals surface area contributed by atoms with E-state index in [0.29, 0.717) is 17.5 Å². The van der Waals surface area contributed by atoms with Gasteiger partial charge in [0.05, 0.1) is 23.7 Å². The molecule has 2 rings (SSSR count). The van der Waals surface area contributed by atoms with Crippen LogP contribution in [0.25, 0.3) is 0 Å². The van der Waals surface area contributed by atoms with Gasteiger partial charge in [-0.05, 0) is 31.0 Å². The summed E-state index contributed by atoms with van der Waals surface area (Å²) in [4.78, 5) is 11.8. The highest BCUT2D eigenvalue weighted by molar-refractivity contribution is 6.02. The second-order valence-electron chi connectivity index (χ2n) is 3.90. The first kappa shape index (κ1) is 9.88. The molecule has 0 saturated carbocycles. The van der Waals surface area contributed by atoms with Gasteiger partial charge in [-0.1, -0.05) is 6.07 Å². The monoisotopic (exact) mass is 201 g/mol. The highest BCUT2D eigenvalue weighted by Gasteiger charge is 2.33. The smallest absolute Gasteiger partial charge is 0.169 e. The summed E-state index contributed by atoms with van der Waals surface area (Å²) in [6.07, 6.45) is -0.0483. The van der Waals surface area contributed by atoms with Gasteiger partial charge >= 0.3 is 0 Å². The molecule has 0 saturated heterocycles. The molecule has 0 bridgehead atoms. The Kier molecular flexibility index (Phi) is 2.29. The van der Waals surface area contributed by atoms with Gasteiger partial charge in [-0.15, -0.1) is 0 Å². The number of ketones is 1. The maximum Gasteiger partial charge on any atom is 0.169 e. The zero-order valence-electron chi connectivity index (χ0n) is 8.40. The fraction of sp³-hybridized carbons (Fsp3) is 0.333. The Bertz CT molecular complexity index is 457. The van der Waals surface area contributed by atoms with E-state index in [-0.39, 0.29) is 11.7 Å². The van der Waals surface area contributed by atoms with E-state index in [1.165, 1.54) is 0 Å². The SMILES string of the molecule is CC(O)C1Cc2ccc(C#N)cc2C1=O. The summed E-state index contributed by atoms with van der Waals surface area (Å²) in [5.41, 5.74) is 2.03. The van der Waals surface area contributed by atoms with Crippen molar-refractivity contribution in [1.82, 2.24) is 0 Å². The Balaban J connectivity index is 2.43. The standard InChI is InChI=1S/C12H11NO2/c1-7(14)10-5-9-3-2-8(6-13)4-11(9)12(10)15/h2-4,7,10,14H,5H2,1H3. The number of fused-ring (bicyclic) bond motifs is 1. The second-order valence-corrected chi connectivity index (χ2v) is 3.90. The Morgan fingerprint density at radius 2 is 2.33 bits per heavy atom. The van der Waals surface area contributed by atoms with Gasteiger partial charge in [-0.3, -0.25) is 4.79 Å². The zero-order chi connectivity index (χ0) is 11.0. The maximum absolute atomic E-state index is 11.8. The van der Waals surface area contributed by atoms with E-state index in [0.717, 1.165) is 5.56 Å². The molecule has 1 aromatic rings. The van der Waals surface area contributed by atoms with Crippen LogP contribution in [-0.2, 0) is 6.42 Å².